The Labute approximate surface area is 115 Å². The van der Waals surface area contributed by atoms with Gasteiger partial charge in [0.15, 0.2) is 11.5 Å². The summed E-state index contributed by atoms with van der Waals surface area (Å²) in [4.78, 5) is 16.2. The lowest BCUT2D eigenvalue weighted by atomic mass is 10.0. The van der Waals surface area contributed by atoms with Gasteiger partial charge in [-0.1, -0.05) is 5.16 Å². The quantitative estimate of drug-likeness (QED) is 0.870. The van der Waals surface area contributed by atoms with Crippen molar-refractivity contribution < 1.29 is 23.8 Å². The summed E-state index contributed by atoms with van der Waals surface area (Å²) in [6, 6.07) is 3.73. The molecule has 106 valence electrons. The van der Waals surface area contributed by atoms with E-state index in [-0.39, 0.29) is 18.6 Å². The van der Waals surface area contributed by atoms with Crippen LogP contribution < -0.4 is 19.9 Å². The van der Waals surface area contributed by atoms with Crippen LogP contribution in [-0.4, -0.2) is 31.6 Å². The normalized spacial score (nSPS) is 19.4. The van der Waals surface area contributed by atoms with Crippen LogP contribution in [0.15, 0.2) is 17.3 Å². The first-order valence-electron chi connectivity index (χ1n) is 6.16. The van der Waals surface area contributed by atoms with Gasteiger partial charge in [-0.15, -0.1) is 0 Å². The number of hydrogen-bond donors (Lipinski definition) is 1. The third-order valence-electron chi connectivity index (χ3n) is 3.20. The van der Waals surface area contributed by atoms with Crippen LogP contribution in [0, 0.1) is 0 Å². The smallest absolute Gasteiger partial charge is 0.266 e. The summed E-state index contributed by atoms with van der Waals surface area (Å²) in [5.41, 5.74) is 6.39. The number of hydrogen-bond acceptors (Lipinski definition) is 6. The molecule has 2 N–H and O–H groups in total. The summed E-state index contributed by atoms with van der Waals surface area (Å²) in [6.07, 6.45) is 0.780. The molecule has 0 aromatic heterocycles. The molecule has 3 rings (SSSR count). The zero-order valence-electron chi connectivity index (χ0n) is 10.9. The SMILES string of the molecule is COc1cc(C[C@H]2CC(C(N)=O)=NO2)cc2c1OCO2. The number of oxime groups is 1. The third kappa shape index (κ3) is 2.22. The molecule has 20 heavy (non-hydrogen) atoms. The largest absolute Gasteiger partial charge is 0.493 e. The highest BCUT2D eigenvalue weighted by molar-refractivity contribution is 6.38. The molecule has 0 saturated carbocycles. The summed E-state index contributed by atoms with van der Waals surface area (Å²) < 4.78 is 16.0. The molecular formula is C13H14N2O5. The number of fused-ring (bicyclic) bond motifs is 1. The van der Waals surface area contributed by atoms with Gasteiger partial charge in [0.25, 0.3) is 5.91 Å². The van der Waals surface area contributed by atoms with Crippen molar-refractivity contribution in [2.24, 2.45) is 10.9 Å². The van der Waals surface area contributed by atoms with E-state index in [2.05, 4.69) is 5.16 Å². The molecule has 2 aliphatic rings. The number of nitrogens with zero attached hydrogens (tertiary/aromatic N) is 1. The minimum atomic E-state index is -0.546. The topological polar surface area (TPSA) is 92.4 Å². The van der Waals surface area contributed by atoms with Crippen LogP contribution in [0.1, 0.15) is 12.0 Å². The fourth-order valence-corrected chi connectivity index (χ4v) is 2.25. The highest BCUT2D eigenvalue weighted by Gasteiger charge is 2.26. The third-order valence-corrected chi connectivity index (χ3v) is 3.20. The van der Waals surface area contributed by atoms with Crippen LogP contribution in [0.3, 0.4) is 0 Å². The molecule has 7 nitrogen and oxygen atoms in total. The fraction of sp³-hybridized carbons (Fsp3) is 0.385. The first-order valence-corrected chi connectivity index (χ1v) is 6.16. The van der Waals surface area contributed by atoms with Crippen molar-refractivity contribution in [2.45, 2.75) is 18.9 Å². The Morgan fingerprint density at radius 2 is 2.35 bits per heavy atom. The lowest BCUT2D eigenvalue weighted by Crippen LogP contribution is -2.23. The average molecular weight is 278 g/mol. The maximum absolute atomic E-state index is 11.0. The van der Waals surface area contributed by atoms with Gasteiger partial charge in [-0.2, -0.15) is 0 Å². The summed E-state index contributed by atoms with van der Waals surface area (Å²) in [5, 5.41) is 3.68. The number of methoxy groups -OCH3 is 1. The molecule has 0 fully saturated rings. The van der Waals surface area contributed by atoms with E-state index in [0.29, 0.717) is 30.1 Å². The van der Waals surface area contributed by atoms with Gasteiger partial charge in [0.1, 0.15) is 11.8 Å². The van der Waals surface area contributed by atoms with Crippen molar-refractivity contribution in [3.63, 3.8) is 0 Å². The van der Waals surface area contributed by atoms with Gasteiger partial charge in [0, 0.05) is 12.8 Å². The maximum Gasteiger partial charge on any atom is 0.266 e. The first-order chi connectivity index (χ1) is 9.67. The Balaban J connectivity index is 1.75. The van der Waals surface area contributed by atoms with E-state index in [1.165, 1.54) is 0 Å². The van der Waals surface area contributed by atoms with E-state index in [4.69, 9.17) is 24.8 Å². The molecule has 0 saturated heterocycles. The molecule has 1 amide bonds. The Hall–Kier alpha value is -2.44. The molecule has 0 aliphatic carbocycles. The van der Waals surface area contributed by atoms with Gasteiger partial charge < -0.3 is 24.8 Å². The van der Waals surface area contributed by atoms with Gasteiger partial charge in [0.2, 0.25) is 12.5 Å². The zero-order valence-corrected chi connectivity index (χ0v) is 10.9. The van der Waals surface area contributed by atoms with Crippen LogP contribution in [-0.2, 0) is 16.1 Å². The Morgan fingerprint density at radius 3 is 3.05 bits per heavy atom. The molecule has 0 spiro atoms. The number of carbonyl (C=O) groups is 1. The molecule has 2 heterocycles. The molecule has 0 unspecified atom stereocenters. The van der Waals surface area contributed by atoms with Gasteiger partial charge in [-0.3, -0.25) is 4.79 Å². The van der Waals surface area contributed by atoms with Gasteiger partial charge in [-0.05, 0) is 17.7 Å². The number of primary amides is 1. The maximum atomic E-state index is 11.0. The second kappa shape index (κ2) is 4.92. The van der Waals surface area contributed by atoms with Crippen molar-refractivity contribution >= 4 is 11.6 Å². The van der Waals surface area contributed by atoms with Crippen LogP contribution in [0.25, 0.3) is 0 Å². The number of rotatable bonds is 4. The summed E-state index contributed by atoms with van der Waals surface area (Å²) in [7, 11) is 1.57. The van der Waals surface area contributed by atoms with E-state index in [9.17, 15) is 4.79 Å². The van der Waals surface area contributed by atoms with Crippen molar-refractivity contribution in [1.29, 1.82) is 0 Å². The number of carbonyl (C=O) groups excluding carboxylic acids is 1. The number of ether oxygens (including phenoxy) is 3. The zero-order chi connectivity index (χ0) is 14.1. The second-order valence-electron chi connectivity index (χ2n) is 4.57. The second-order valence-corrected chi connectivity index (χ2v) is 4.57. The molecule has 1 atom stereocenters. The number of nitrogens with two attached hydrogens (primary N) is 1. The van der Waals surface area contributed by atoms with E-state index < -0.39 is 5.91 Å². The molecule has 0 bridgehead atoms. The number of benzene rings is 1. The van der Waals surface area contributed by atoms with Crippen LogP contribution in [0.4, 0.5) is 0 Å². The van der Waals surface area contributed by atoms with Crippen LogP contribution >= 0.6 is 0 Å². The van der Waals surface area contributed by atoms with Crippen LogP contribution in [0.5, 0.6) is 17.2 Å². The van der Waals surface area contributed by atoms with Gasteiger partial charge >= 0.3 is 0 Å². The van der Waals surface area contributed by atoms with Gasteiger partial charge in [0.05, 0.1) is 7.11 Å². The predicted octanol–water partition coefficient (Wildman–Crippen LogP) is 0.597. The molecule has 1 aromatic rings. The molecule has 7 heteroatoms. The first kappa shape index (κ1) is 12.6. The summed E-state index contributed by atoms with van der Waals surface area (Å²) in [5.74, 6) is 1.32. The minimum Gasteiger partial charge on any atom is -0.493 e. The van der Waals surface area contributed by atoms with E-state index >= 15 is 0 Å². The fourth-order valence-electron chi connectivity index (χ4n) is 2.25. The summed E-state index contributed by atoms with van der Waals surface area (Å²) >= 11 is 0. The van der Waals surface area contributed by atoms with Gasteiger partial charge in [-0.25, -0.2) is 0 Å². The highest BCUT2D eigenvalue weighted by atomic mass is 16.7. The Kier molecular flexibility index (Phi) is 3.09. The van der Waals surface area contributed by atoms with E-state index in [1.54, 1.807) is 7.11 Å². The Morgan fingerprint density at radius 1 is 1.50 bits per heavy atom. The molecule has 1 aromatic carbocycles. The molecule has 0 radical (unpaired) electrons. The van der Waals surface area contributed by atoms with Crippen molar-refractivity contribution in [3.8, 4) is 17.2 Å². The number of amides is 1. The average Bonchev–Trinajstić information content (AvgIpc) is 3.06. The molecule has 2 aliphatic heterocycles. The minimum absolute atomic E-state index is 0.185. The summed E-state index contributed by atoms with van der Waals surface area (Å²) in [6.45, 7) is 0.185. The lowest BCUT2D eigenvalue weighted by Gasteiger charge is -2.11. The Bertz CT molecular complexity index is 584. The highest BCUT2D eigenvalue weighted by Crippen LogP contribution is 2.42. The lowest BCUT2D eigenvalue weighted by molar-refractivity contribution is -0.112. The van der Waals surface area contributed by atoms with Crippen molar-refractivity contribution in [3.05, 3.63) is 17.7 Å². The van der Waals surface area contributed by atoms with E-state index in [0.717, 1.165) is 5.56 Å². The molecular weight excluding hydrogens is 264 g/mol. The monoisotopic (exact) mass is 278 g/mol. The van der Waals surface area contributed by atoms with E-state index in [1.807, 2.05) is 12.1 Å². The predicted molar refractivity (Wildman–Crippen MR) is 68.9 cm³/mol. The van der Waals surface area contributed by atoms with Crippen molar-refractivity contribution in [2.75, 3.05) is 13.9 Å². The van der Waals surface area contributed by atoms with Crippen LogP contribution in [0.2, 0.25) is 0 Å². The van der Waals surface area contributed by atoms with Crippen molar-refractivity contribution in [1.82, 2.24) is 0 Å². The standard InChI is InChI=1S/C13H14N2O5/c1-17-10-3-7(4-11-12(10)19-6-18-11)2-8-5-9(13(14)16)15-20-8/h3-4,8H,2,5-6H2,1H3,(H2,14,16)/t8-/m0/s1.